The first-order valence-electron chi connectivity index (χ1n) is 10.4. The van der Waals surface area contributed by atoms with Crippen LogP contribution < -0.4 is 15.5 Å². The summed E-state index contributed by atoms with van der Waals surface area (Å²) in [6.07, 6.45) is 5.21. The van der Waals surface area contributed by atoms with E-state index >= 15 is 0 Å². The van der Waals surface area contributed by atoms with E-state index in [2.05, 4.69) is 53.8 Å². The van der Waals surface area contributed by atoms with E-state index in [-0.39, 0.29) is 0 Å². The van der Waals surface area contributed by atoms with Crippen LogP contribution in [0, 0.1) is 0 Å². The zero-order valence-corrected chi connectivity index (χ0v) is 17.0. The molecule has 6 rings (SSSR count). The van der Waals surface area contributed by atoms with Gasteiger partial charge in [-0.1, -0.05) is 12.1 Å². The van der Waals surface area contributed by atoms with Crippen molar-refractivity contribution in [2.24, 2.45) is 0 Å². The average molecular weight is 414 g/mol. The number of benzene rings is 1. The molecule has 156 valence electrons. The van der Waals surface area contributed by atoms with Gasteiger partial charge in [0, 0.05) is 31.7 Å². The van der Waals surface area contributed by atoms with Crippen molar-refractivity contribution in [2.75, 3.05) is 36.5 Å². The van der Waals surface area contributed by atoms with Crippen LogP contribution in [0.1, 0.15) is 11.1 Å². The Morgan fingerprint density at radius 1 is 0.935 bits per heavy atom. The third kappa shape index (κ3) is 3.37. The van der Waals surface area contributed by atoms with E-state index in [9.17, 15) is 0 Å². The topological polar surface area (TPSA) is 92.5 Å². The smallest absolute Gasteiger partial charge is 0.199 e. The number of fused-ring (bicyclic) bond motifs is 2. The minimum atomic E-state index is 0.644. The normalized spacial score (nSPS) is 15.9. The second-order valence-corrected chi connectivity index (χ2v) is 7.70. The van der Waals surface area contributed by atoms with Crippen LogP contribution in [0.4, 0.5) is 17.3 Å². The number of nitrogens with zero attached hydrogens (tertiary/aromatic N) is 6. The number of rotatable bonds is 4. The van der Waals surface area contributed by atoms with Gasteiger partial charge in [0.1, 0.15) is 12.1 Å². The summed E-state index contributed by atoms with van der Waals surface area (Å²) in [4.78, 5) is 15.9. The Kier molecular flexibility index (Phi) is 4.47. The average Bonchev–Trinajstić information content (AvgIpc) is 3.50. The Labute approximate surface area is 179 Å². The predicted molar refractivity (Wildman–Crippen MR) is 117 cm³/mol. The van der Waals surface area contributed by atoms with Gasteiger partial charge in [0.15, 0.2) is 11.5 Å². The van der Waals surface area contributed by atoms with E-state index in [4.69, 9.17) is 4.74 Å². The highest BCUT2D eigenvalue weighted by molar-refractivity contribution is 5.73. The Balaban J connectivity index is 1.29. The molecule has 0 aliphatic carbocycles. The van der Waals surface area contributed by atoms with E-state index in [1.807, 2.05) is 29.0 Å². The summed E-state index contributed by atoms with van der Waals surface area (Å²) < 4.78 is 7.24. The van der Waals surface area contributed by atoms with Crippen molar-refractivity contribution in [3.05, 3.63) is 60.2 Å². The van der Waals surface area contributed by atoms with E-state index < -0.39 is 0 Å². The molecule has 0 radical (unpaired) electrons. The fourth-order valence-electron chi connectivity index (χ4n) is 4.13. The molecule has 0 spiro atoms. The summed E-state index contributed by atoms with van der Waals surface area (Å²) in [5.41, 5.74) is 6.18. The molecular weight excluding hydrogens is 392 g/mol. The van der Waals surface area contributed by atoms with Gasteiger partial charge in [-0.25, -0.2) is 19.5 Å². The van der Waals surface area contributed by atoms with Crippen LogP contribution in [0.5, 0.6) is 0 Å². The van der Waals surface area contributed by atoms with Crippen molar-refractivity contribution < 1.29 is 4.74 Å². The molecule has 1 saturated heterocycles. The maximum absolute atomic E-state index is 5.41. The Morgan fingerprint density at radius 2 is 1.84 bits per heavy atom. The summed E-state index contributed by atoms with van der Waals surface area (Å²) >= 11 is 0. The molecule has 2 N–H and O–H groups in total. The molecular formula is C22H22N8O. The molecule has 2 aliphatic heterocycles. The number of hydrogen-bond acceptors (Lipinski definition) is 8. The van der Waals surface area contributed by atoms with Gasteiger partial charge in [0.2, 0.25) is 0 Å². The first-order valence-corrected chi connectivity index (χ1v) is 10.4. The van der Waals surface area contributed by atoms with Gasteiger partial charge in [-0.2, -0.15) is 5.10 Å². The maximum atomic E-state index is 5.41. The van der Waals surface area contributed by atoms with Crippen molar-refractivity contribution in [2.45, 2.75) is 13.1 Å². The molecule has 2 aliphatic rings. The maximum Gasteiger partial charge on any atom is 0.199 e. The minimum Gasteiger partial charge on any atom is -0.378 e. The highest BCUT2D eigenvalue weighted by Gasteiger charge is 2.16. The predicted octanol–water partition coefficient (Wildman–Crippen LogP) is 2.37. The van der Waals surface area contributed by atoms with Crippen LogP contribution in [0.3, 0.4) is 0 Å². The first-order chi connectivity index (χ1) is 15.3. The van der Waals surface area contributed by atoms with Gasteiger partial charge in [0.05, 0.1) is 37.0 Å². The lowest BCUT2D eigenvalue weighted by molar-refractivity contribution is 0.122. The summed E-state index contributed by atoms with van der Waals surface area (Å²) in [7, 11) is 0. The van der Waals surface area contributed by atoms with Gasteiger partial charge in [-0.05, 0) is 29.3 Å². The SMILES string of the molecule is c1nc2c(Nc3ccc(N4CCOCC4)nc3)ncc(-c3ccc4c(c3)CNC4)n2n1. The Morgan fingerprint density at radius 3 is 2.71 bits per heavy atom. The molecule has 0 unspecified atom stereocenters. The summed E-state index contributed by atoms with van der Waals surface area (Å²) in [6.45, 7) is 5.02. The Bertz CT molecular complexity index is 1230. The molecule has 0 bridgehead atoms. The van der Waals surface area contributed by atoms with Gasteiger partial charge in [-0.3, -0.25) is 0 Å². The lowest BCUT2D eigenvalue weighted by Crippen LogP contribution is -2.36. The van der Waals surface area contributed by atoms with Crippen molar-refractivity contribution in [1.82, 2.24) is 29.9 Å². The van der Waals surface area contributed by atoms with E-state index in [0.29, 0.717) is 11.5 Å². The second kappa shape index (κ2) is 7.60. The van der Waals surface area contributed by atoms with Crippen LogP contribution in [0.25, 0.3) is 16.9 Å². The lowest BCUT2D eigenvalue weighted by Gasteiger charge is -2.27. The van der Waals surface area contributed by atoms with E-state index in [1.54, 1.807) is 6.33 Å². The molecule has 9 heteroatoms. The number of morpholine rings is 1. The van der Waals surface area contributed by atoms with E-state index in [1.165, 1.54) is 11.1 Å². The zero-order chi connectivity index (χ0) is 20.6. The number of hydrogen-bond donors (Lipinski definition) is 2. The minimum absolute atomic E-state index is 0.644. The van der Waals surface area contributed by atoms with Crippen LogP contribution in [-0.2, 0) is 17.8 Å². The van der Waals surface area contributed by atoms with Crippen LogP contribution in [-0.4, -0.2) is 50.9 Å². The molecule has 0 atom stereocenters. The fraction of sp³-hybridized carbons (Fsp3) is 0.273. The second-order valence-electron chi connectivity index (χ2n) is 7.70. The number of anilines is 3. The third-order valence-electron chi connectivity index (χ3n) is 5.78. The van der Waals surface area contributed by atoms with Crippen molar-refractivity contribution in [3.8, 4) is 11.3 Å². The lowest BCUT2D eigenvalue weighted by atomic mass is 10.0. The Hall–Kier alpha value is -3.56. The molecule has 1 aromatic carbocycles. The first kappa shape index (κ1) is 18.2. The molecule has 4 aromatic rings. The third-order valence-corrected chi connectivity index (χ3v) is 5.78. The standard InChI is InChI=1S/C22H22N8O/c1-2-16-10-23-11-17(16)9-15(1)19-13-25-21(22-26-14-27-30(19)22)28-18-3-4-20(24-12-18)29-5-7-31-8-6-29/h1-4,9,12-14,23H,5-8,10-11H2,(H,25,28). The van der Waals surface area contributed by atoms with Gasteiger partial charge >= 0.3 is 0 Å². The van der Waals surface area contributed by atoms with Gasteiger partial charge < -0.3 is 20.3 Å². The molecule has 1 fully saturated rings. The van der Waals surface area contributed by atoms with Gasteiger partial charge in [0.25, 0.3) is 0 Å². The molecule has 0 saturated carbocycles. The highest BCUT2D eigenvalue weighted by Crippen LogP contribution is 2.27. The highest BCUT2D eigenvalue weighted by atomic mass is 16.5. The van der Waals surface area contributed by atoms with E-state index in [0.717, 1.165) is 62.2 Å². The number of pyridine rings is 1. The number of ether oxygens (including phenoxy) is 1. The fourth-order valence-corrected chi connectivity index (χ4v) is 4.13. The van der Waals surface area contributed by atoms with Crippen LogP contribution in [0.15, 0.2) is 49.1 Å². The summed E-state index contributed by atoms with van der Waals surface area (Å²) in [6, 6.07) is 10.5. The largest absolute Gasteiger partial charge is 0.378 e. The number of aromatic nitrogens is 5. The molecule has 5 heterocycles. The zero-order valence-electron chi connectivity index (χ0n) is 17.0. The molecule has 3 aromatic heterocycles. The van der Waals surface area contributed by atoms with Crippen LogP contribution >= 0.6 is 0 Å². The summed E-state index contributed by atoms with van der Waals surface area (Å²) in [5.74, 6) is 1.60. The summed E-state index contributed by atoms with van der Waals surface area (Å²) in [5, 5.41) is 11.2. The quantitative estimate of drug-likeness (QED) is 0.526. The molecule has 9 nitrogen and oxygen atoms in total. The van der Waals surface area contributed by atoms with Crippen molar-refractivity contribution in [3.63, 3.8) is 0 Å². The van der Waals surface area contributed by atoms with Crippen molar-refractivity contribution >= 4 is 23.0 Å². The van der Waals surface area contributed by atoms with Crippen molar-refractivity contribution in [1.29, 1.82) is 0 Å². The monoisotopic (exact) mass is 414 g/mol. The van der Waals surface area contributed by atoms with Gasteiger partial charge in [-0.15, -0.1) is 0 Å². The molecule has 31 heavy (non-hydrogen) atoms. The number of nitrogens with one attached hydrogen (secondary N) is 2. The van der Waals surface area contributed by atoms with Crippen LogP contribution in [0.2, 0.25) is 0 Å². The molecule has 0 amide bonds.